The molecule has 8 nitrogen and oxygen atoms in total. The maximum Gasteiger partial charge on any atom is 0.320 e. The molecule has 1 atom stereocenters. The van der Waals surface area contributed by atoms with Crippen molar-refractivity contribution >= 4 is 23.9 Å². The number of rotatable bonds is 10. The number of carbonyl (C=O) groups excluding carboxylic acids is 2. The molecular weight excluding hydrogens is 408 g/mol. The van der Waals surface area contributed by atoms with Crippen LogP contribution in [0.25, 0.3) is 0 Å². The molecule has 0 aromatic heterocycles. The second kappa shape index (κ2) is 18.7. The van der Waals surface area contributed by atoms with E-state index in [4.69, 9.17) is 22.3 Å². The molecule has 0 aliphatic carbocycles. The summed E-state index contributed by atoms with van der Waals surface area (Å²) in [6.45, 7) is 3.19. The minimum Gasteiger partial charge on any atom is -0.480 e. The Hall–Kier alpha value is -3.07. The molecule has 0 aliphatic rings. The lowest BCUT2D eigenvalue weighted by molar-refractivity contribution is -0.138. The monoisotopic (exact) mass is 444 g/mol. The lowest BCUT2D eigenvalue weighted by atomic mass is 10.2. The number of carbonyl (C=O) groups is 3. The van der Waals surface area contributed by atoms with Crippen molar-refractivity contribution in [3.63, 3.8) is 0 Å². The minimum atomic E-state index is -0.955. The first kappa shape index (κ1) is 28.9. The van der Waals surface area contributed by atoms with E-state index in [0.29, 0.717) is 31.4 Å². The van der Waals surface area contributed by atoms with Gasteiger partial charge in [-0.3, -0.25) is 14.4 Å². The van der Waals surface area contributed by atoms with Crippen LogP contribution in [0, 0.1) is 0 Å². The maximum atomic E-state index is 11.2. The van der Waals surface area contributed by atoms with Crippen LogP contribution in [-0.2, 0) is 16.0 Å². The average molecular weight is 445 g/mol. The van der Waals surface area contributed by atoms with E-state index < -0.39 is 12.0 Å². The molecule has 2 aromatic carbocycles. The van der Waals surface area contributed by atoms with Crippen LogP contribution in [0.1, 0.15) is 48.5 Å². The summed E-state index contributed by atoms with van der Waals surface area (Å²) in [4.78, 5) is 31.6. The summed E-state index contributed by atoms with van der Waals surface area (Å²) in [5.74, 6) is -0.949. The van der Waals surface area contributed by atoms with Gasteiger partial charge in [-0.15, -0.1) is 0 Å². The number of aliphatic carboxylic acids is 1. The zero-order valence-corrected chi connectivity index (χ0v) is 18.7. The Morgan fingerprint density at radius 2 is 1.66 bits per heavy atom. The summed E-state index contributed by atoms with van der Waals surface area (Å²) in [5, 5.41) is 11.0. The number of carboxylic acid groups (broad SMARTS) is 1. The van der Waals surface area contributed by atoms with Crippen molar-refractivity contribution in [1.29, 1.82) is 0 Å². The van der Waals surface area contributed by atoms with Crippen LogP contribution in [0.5, 0.6) is 0 Å². The topological polar surface area (TPSA) is 162 Å². The fourth-order valence-electron chi connectivity index (χ4n) is 2.37. The second-order valence-electron chi connectivity index (χ2n) is 6.94. The van der Waals surface area contributed by atoms with Crippen molar-refractivity contribution in [2.45, 2.75) is 45.1 Å². The Kier molecular flexibility index (Phi) is 16.9. The quantitative estimate of drug-likeness (QED) is 0.352. The Balaban J connectivity index is 0.000000470. The van der Waals surface area contributed by atoms with Gasteiger partial charge in [-0.05, 0) is 68.6 Å². The first-order chi connectivity index (χ1) is 15.4. The molecule has 0 fully saturated rings. The van der Waals surface area contributed by atoms with Crippen LogP contribution >= 0.6 is 0 Å². The molecule has 0 saturated carbocycles. The molecule has 32 heavy (non-hydrogen) atoms. The SMILES string of the molecule is CCCC(=O)Nc1ccc(C=O)cc1.NCCCC(N)C(=O)O.NCCc1ccccc1. The average Bonchev–Trinajstić information content (AvgIpc) is 2.80. The van der Waals surface area contributed by atoms with Gasteiger partial charge in [0.1, 0.15) is 12.3 Å². The van der Waals surface area contributed by atoms with Crippen molar-refractivity contribution in [2.24, 2.45) is 17.2 Å². The first-order valence-corrected chi connectivity index (χ1v) is 10.6. The summed E-state index contributed by atoms with van der Waals surface area (Å²) in [5.41, 5.74) is 18.3. The molecule has 8 N–H and O–H groups in total. The predicted octanol–water partition coefficient (Wildman–Crippen LogP) is 2.56. The molecule has 0 aliphatic heterocycles. The van der Waals surface area contributed by atoms with Gasteiger partial charge in [0.15, 0.2) is 0 Å². The third kappa shape index (κ3) is 14.8. The summed E-state index contributed by atoms with van der Waals surface area (Å²) in [6.07, 6.45) is 4.26. The van der Waals surface area contributed by atoms with Crippen LogP contribution in [0.2, 0.25) is 0 Å². The Labute approximate surface area is 190 Å². The van der Waals surface area contributed by atoms with Crippen LogP contribution in [-0.4, -0.2) is 42.4 Å². The van der Waals surface area contributed by atoms with Crippen molar-refractivity contribution in [2.75, 3.05) is 18.4 Å². The van der Waals surface area contributed by atoms with Crippen molar-refractivity contribution in [3.8, 4) is 0 Å². The molecule has 176 valence electrons. The van der Waals surface area contributed by atoms with Gasteiger partial charge in [-0.1, -0.05) is 37.3 Å². The van der Waals surface area contributed by atoms with E-state index in [-0.39, 0.29) is 5.91 Å². The molecule has 0 bridgehead atoms. The van der Waals surface area contributed by atoms with Crippen molar-refractivity contribution < 1.29 is 19.5 Å². The number of benzene rings is 2. The number of carboxylic acids is 1. The molecule has 2 rings (SSSR count). The highest BCUT2D eigenvalue weighted by Crippen LogP contribution is 2.08. The van der Waals surface area contributed by atoms with Crippen LogP contribution in [0.3, 0.4) is 0 Å². The van der Waals surface area contributed by atoms with E-state index in [1.165, 1.54) is 5.56 Å². The maximum absolute atomic E-state index is 11.2. The fourth-order valence-corrected chi connectivity index (χ4v) is 2.37. The minimum absolute atomic E-state index is 0.00588. The van der Waals surface area contributed by atoms with E-state index in [2.05, 4.69) is 17.4 Å². The van der Waals surface area contributed by atoms with E-state index in [1.807, 2.05) is 25.1 Å². The molecule has 2 aromatic rings. The molecule has 8 heteroatoms. The van der Waals surface area contributed by atoms with Gasteiger partial charge in [0.25, 0.3) is 0 Å². The van der Waals surface area contributed by atoms with Gasteiger partial charge >= 0.3 is 5.97 Å². The standard InChI is InChI=1S/C11H13NO2.C8H11N.C5H12N2O2/c1-2-3-11(14)12-10-6-4-9(8-13)5-7-10;9-7-6-8-4-2-1-3-5-8;6-3-1-2-4(7)5(8)9/h4-8H,2-3H2,1H3,(H,12,14);1-5H,6-7,9H2;4H,1-3,6-7H2,(H,8,9). The highest BCUT2D eigenvalue weighted by molar-refractivity contribution is 5.91. The van der Waals surface area contributed by atoms with Gasteiger partial charge < -0.3 is 27.6 Å². The number of hydrogen-bond donors (Lipinski definition) is 5. The Morgan fingerprint density at radius 3 is 2.12 bits per heavy atom. The van der Waals surface area contributed by atoms with Crippen LogP contribution in [0.4, 0.5) is 5.69 Å². The molecule has 0 spiro atoms. The third-order valence-corrected chi connectivity index (χ3v) is 4.12. The number of hydrogen-bond acceptors (Lipinski definition) is 6. The predicted molar refractivity (Wildman–Crippen MR) is 128 cm³/mol. The number of aldehydes is 1. The number of anilines is 1. The molecule has 0 heterocycles. The lowest BCUT2D eigenvalue weighted by Gasteiger charge is -2.03. The molecule has 1 unspecified atom stereocenters. The number of amides is 1. The lowest BCUT2D eigenvalue weighted by Crippen LogP contribution is -2.30. The Bertz CT molecular complexity index is 767. The van der Waals surface area contributed by atoms with E-state index in [1.54, 1.807) is 24.3 Å². The van der Waals surface area contributed by atoms with Crippen LogP contribution in [0.15, 0.2) is 54.6 Å². The third-order valence-electron chi connectivity index (χ3n) is 4.12. The zero-order valence-electron chi connectivity index (χ0n) is 18.7. The van der Waals surface area contributed by atoms with Gasteiger partial charge in [0.2, 0.25) is 5.91 Å². The van der Waals surface area contributed by atoms with Gasteiger partial charge in [-0.25, -0.2) is 0 Å². The summed E-state index contributed by atoms with van der Waals surface area (Å²) in [6, 6.07) is 16.3. The zero-order chi connectivity index (χ0) is 24.2. The van der Waals surface area contributed by atoms with Gasteiger partial charge in [-0.2, -0.15) is 0 Å². The van der Waals surface area contributed by atoms with Gasteiger partial charge in [0.05, 0.1) is 0 Å². The smallest absolute Gasteiger partial charge is 0.320 e. The molecule has 1 amide bonds. The largest absolute Gasteiger partial charge is 0.480 e. The van der Waals surface area contributed by atoms with E-state index in [0.717, 1.165) is 31.4 Å². The number of nitrogens with two attached hydrogens (primary N) is 3. The highest BCUT2D eigenvalue weighted by atomic mass is 16.4. The number of nitrogens with one attached hydrogen (secondary N) is 1. The summed E-state index contributed by atoms with van der Waals surface area (Å²) < 4.78 is 0. The molecule has 0 saturated heterocycles. The Morgan fingerprint density at radius 1 is 1.03 bits per heavy atom. The normalized spacial score (nSPS) is 10.5. The van der Waals surface area contributed by atoms with Crippen LogP contribution < -0.4 is 22.5 Å². The fraction of sp³-hybridized carbons (Fsp3) is 0.375. The molecular formula is C24H36N4O4. The van der Waals surface area contributed by atoms with Crippen molar-refractivity contribution in [1.82, 2.24) is 0 Å². The first-order valence-electron chi connectivity index (χ1n) is 10.6. The summed E-state index contributed by atoms with van der Waals surface area (Å²) >= 11 is 0. The summed E-state index contributed by atoms with van der Waals surface area (Å²) in [7, 11) is 0. The second-order valence-corrected chi connectivity index (χ2v) is 6.94. The van der Waals surface area contributed by atoms with E-state index >= 15 is 0 Å². The molecule has 0 radical (unpaired) electrons. The highest BCUT2D eigenvalue weighted by Gasteiger charge is 2.08. The van der Waals surface area contributed by atoms with E-state index in [9.17, 15) is 14.4 Å². The van der Waals surface area contributed by atoms with Crippen molar-refractivity contribution in [3.05, 3.63) is 65.7 Å². The van der Waals surface area contributed by atoms with Gasteiger partial charge in [0, 0.05) is 17.7 Å².